The molecule has 0 saturated carbocycles. The van der Waals surface area contributed by atoms with Crippen LogP contribution >= 0.6 is 0 Å². The Morgan fingerprint density at radius 1 is 0.611 bits per heavy atom. The van der Waals surface area contributed by atoms with Crippen LogP contribution in [-0.2, 0) is 0 Å². The van der Waals surface area contributed by atoms with Crippen molar-refractivity contribution in [2.75, 3.05) is 0 Å². The summed E-state index contributed by atoms with van der Waals surface area (Å²) in [4.78, 5) is 9.87. The first-order valence-electron chi connectivity index (χ1n) is 12.0. The third-order valence-electron chi connectivity index (χ3n) is 7.06. The van der Waals surface area contributed by atoms with Crippen LogP contribution in [0, 0.1) is 0 Å². The molecule has 4 heteroatoms. The van der Waals surface area contributed by atoms with Crippen LogP contribution in [0.5, 0.6) is 11.5 Å². The minimum absolute atomic E-state index is 0.632. The molecule has 3 heterocycles. The molecule has 0 N–H and O–H groups in total. The monoisotopic (exact) mass is 461 g/mol. The zero-order valence-corrected chi connectivity index (χ0v) is 19.2. The van der Waals surface area contributed by atoms with Crippen LogP contribution in [0.2, 0.25) is 0 Å². The van der Waals surface area contributed by atoms with Crippen molar-refractivity contribution >= 4 is 32.6 Å². The quantitative estimate of drug-likeness (QED) is 0.261. The molecule has 36 heavy (non-hydrogen) atoms. The number of rotatable bonds is 2. The highest BCUT2D eigenvalue weighted by molar-refractivity contribution is 6.10. The van der Waals surface area contributed by atoms with Gasteiger partial charge in [-0.1, -0.05) is 84.9 Å². The summed E-state index contributed by atoms with van der Waals surface area (Å²) in [5.41, 5.74) is 6.43. The Bertz CT molecular complexity index is 1970. The Kier molecular flexibility index (Phi) is 3.91. The third-order valence-corrected chi connectivity index (χ3v) is 7.06. The topological polar surface area (TPSA) is 39.9 Å². The second-order valence-corrected chi connectivity index (χ2v) is 9.10. The second kappa shape index (κ2) is 7.27. The number of hydrogen-bond donors (Lipinski definition) is 0. The van der Waals surface area contributed by atoms with Crippen LogP contribution in [0.1, 0.15) is 0 Å². The van der Waals surface area contributed by atoms with E-state index in [2.05, 4.69) is 95.6 Å². The molecular weight excluding hydrogens is 442 g/mol. The van der Waals surface area contributed by atoms with E-state index in [4.69, 9.17) is 14.7 Å². The zero-order valence-electron chi connectivity index (χ0n) is 19.2. The lowest BCUT2D eigenvalue weighted by atomic mass is 9.99. The first-order valence-corrected chi connectivity index (χ1v) is 12.0. The molecule has 0 fully saturated rings. The Labute approximate surface area is 207 Å². The third kappa shape index (κ3) is 2.70. The molecule has 7 aromatic rings. The van der Waals surface area contributed by atoms with Gasteiger partial charge in [-0.3, -0.25) is 4.57 Å². The van der Waals surface area contributed by atoms with Crippen molar-refractivity contribution in [3.05, 3.63) is 115 Å². The number of fused-ring (bicyclic) bond motifs is 5. The summed E-state index contributed by atoms with van der Waals surface area (Å²) in [6, 6.07) is 38.0. The van der Waals surface area contributed by atoms with Gasteiger partial charge >= 0.3 is 0 Å². The highest BCUT2D eigenvalue weighted by atomic mass is 16.5. The molecule has 0 radical (unpaired) electrons. The molecule has 4 nitrogen and oxygen atoms in total. The lowest BCUT2D eigenvalue weighted by molar-refractivity contribution is 0.481. The predicted molar refractivity (Wildman–Crippen MR) is 145 cm³/mol. The molecule has 0 unspecified atom stereocenters. The molecule has 1 aliphatic heterocycles. The molecule has 0 bridgehead atoms. The van der Waals surface area contributed by atoms with E-state index in [1.54, 1.807) is 6.20 Å². The van der Waals surface area contributed by atoms with Crippen LogP contribution < -0.4 is 4.74 Å². The van der Waals surface area contributed by atoms with Crippen LogP contribution in [0.4, 0.5) is 0 Å². The van der Waals surface area contributed by atoms with Crippen LogP contribution in [0.25, 0.3) is 60.9 Å². The van der Waals surface area contributed by atoms with Gasteiger partial charge < -0.3 is 4.74 Å². The first-order chi connectivity index (χ1) is 17.8. The number of aromatic nitrogens is 3. The highest BCUT2D eigenvalue weighted by Gasteiger charge is 2.23. The lowest BCUT2D eigenvalue weighted by Gasteiger charge is -2.20. The number of benzene rings is 5. The average Bonchev–Trinajstić information content (AvgIpc) is 3.27. The summed E-state index contributed by atoms with van der Waals surface area (Å²) >= 11 is 0. The summed E-state index contributed by atoms with van der Waals surface area (Å²) in [7, 11) is 0. The first kappa shape index (κ1) is 19.4. The van der Waals surface area contributed by atoms with Gasteiger partial charge in [0.25, 0.3) is 0 Å². The minimum atomic E-state index is 0.632. The fourth-order valence-electron chi connectivity index (χ4n) is 5.44. The maximum absolute atomic E-state index is 6.23. The van der Waals surface area contributed by atoms with E-state index in [1.165, 1.54) is 21.9 Å². The highest BCUT2D eigenvalue weighted by Crippen LogP contribution is 2.45. The minimum Gasteiger partial charge on any atom is -0.453 e. The second-order valence-electron chi connectivity index (χ2n) is 9.10. The van der Waals surface area contributed by atoms with E-state index in [-0.39, 0.29) is 0 Å². The summed E-state index contributed by atoms with van der Waals surface area (Å²) in [5.74, 6) is 2.15. The van der Waals surface area contributed by atoms with Crippen molar-refractivity contribution in [3.63, 3.8) is 0 Å². The molecule has 8 rings (SSSR count). The van der Waals surface area contributed by atoms with E-state index < -0.39 is 0 Å². The smallest absolute Gasteiger partial charge is 0.235 e. The summed E-state index contributed by atoms with van der Waals surface area (Å²) < 4.78 is 8.38. The molecule has 0 spiro atoms. The summed E-state index contributed by atoms with van der Waals surface area (Å²) in [6.45, 7) is 0. The molecule has 2 aromatic heterocycles. The molecule has 5 aromatic carbocycles. The molecule has 1 aliphatic rings. The predicted octanol–water partition coefficient (Wildman–Crippen LogP) is 8.17. The van der Waals surface area contributed by atoms with Gasteiger partial charge in [0.15, 0.2) is 5.75 Å². The van der Waals surface area contributed by atoms with Gasteiger partial charge in [0.2, 0.25) is 5.95 Å². The summed E-state index contributed by atoms with van der Waals surface area (Å²) in [6.07, 6.45) is 1.80. The molecular formula is C32H19N3O. The standard InChI is InChI=1S/C32H19N3O/c1-2-8-20(9-3-1)22-16-17-27-25(18-22)23-12-4-5-14-26(23)35(27)32-33-19-29-31(34-32)24-13-6-10-21-11-7-15-28(36-29)30(21)24/h1-19H. The molecule has 168 valence electrons. The van der Waals surface area contributed by atoms with E-state index in [0.29, 0.717) is 11.7 Å². The molecule has 0 amide bonds. The van der Waals surface area contributed by atoms with E-state index >= 15 is 0 Å². The maximum Gasteiger partial charge on any atom is 0.235 e. The van der Waals surface area contributed by atoms with Gasteiger partial charge in [-0.15, -0.1) is 0 Å². The fraction of sp³-hybridized carbons (Fsp3) is 0. The fourth-order valence-corrected chi connectivity index (χ4v) is 5.44. The number of ether oxygens (including phenoxy) is 1. The Morgan fingerprint density at radius 2 is 1.42 bits per heavy atom. The Morgan fingerprint density at radius 3 is 2.33 bits per heavy atom. The van der Waals surface area contributed by atoms with E-state index in [0.717, 1.165) is 38.8 Å². The van der Waals surface area contributed by atoms with Gasteiger partial charge in [0.1, 0.15) is 11.4 Å². The number of hydrogen-bond acceptors (Lipinski definition) is 3. The van der Waals surface area contributed by atoms with Gasteiger partial charge in [-0.25, -0.2) is 9.97 Å². The Balaban J connectivity index is 1.39. The van der Waals surface area contributed by atoms with Crippen molar-refractivity contribution in [2.45, 2.75) is 0 Å². The number of nitrogens with zero attached hydrogens (tertiary/aromatic N) is 3. The van der Waals surface area contributed by atoms with Crippen molar-refractivity contribution in [1.29, 1.82) is 0 Å². The average molecular weight is 462 g/mol. The normalized spacial score (nSPS) is 12.1. The summed E-state index contributed by atoms with van der Waals surface area (Å²) in [5, 5.41) is 4.58. The lowest BCUT2D eigenvalue weighted by Crippen LogP contribution is -2.06. The van der Waals surface area contributed by atoms with Gasteiger partial charge in [0, 0.05) is 21.7 Å². The van der Waals surface area contributed by atoms with Crippen LogP contribution in [-0.4, -0.2) is 14.5 Å². The zero-order chi connectivity index (χ0) is 23.6. The van der Waals surface area contributed by atoms with Crippen molar-refractivity contribution in [1.82, 2.24) is 14.5 Å². The van der Waals surface area contributed by atoms with Crippen molar-refractivity contribution < 1.29 is 4.74 Å². The Hall–Kier alpha value is -4.96. The van der Waals surface area contributed by atoms with Crippen LogP contribution in [0.3, 0.4) is 0 Å². The largest absolute Gasteiger partial charge is 0.453 e. The van der Waals surface area contributed by atoms with Crippen molar-refractivity contribution in [3.8, 4) is 39.8 Å². The number of para-hydroxylation sites is 1. The molecule has 0 aliphatic carbocycles. The van der Waals surface area contributed by atoms with Crippen molar-refractivity contribution in [2.24, 2.45) is 0 Å². The molecule has 0 saturated heterocycles. The van der Waals surface area contributed by atoms with Gasteiger partial charge in [0.05, 0.1) is 17.2 Å². The SMILES string of the molecule is c1ccc(-c2ccc3c(c2)c2ccccc2n3-c2ncc3c(n2)-c2cccc4cccc(c24)O3)cc1. The van der Waals surface area contributed by atoms with Crippen LogP contribution in [0.15, 0.2) is 115 Å². The maximum atomic E-state index is 6.23. The van der Waals surface area contributed by atoms with E-state index in [1.807, 2.05) is 18.2 Å². The van der Waals surface area contributed by atoms with Gasteiger partial charge in [-0.2, -0.15) is 0 Å². The van der Waals surface area contributed by atoms with Gasteiger partial charge in [-0.05, 0) is 40.8 Å². The van der Waals surface area contributed by atoms with E-state index in [9.17, 15) is 0 Å². The molecule has 0 atom stereocenters.